The fourth-order valence-electron chi connectivity index (χ4n) is 2.11. The van der Waals surface area contributed by atoms with E-state index in [0.29, 0.717) is 5.56 Å². The Kier molecular flexibility index (Phi) is 5.71. The summed E-state index contributed by atoms with van der Waals surface area (Å²) in [6.45, 7) is 2.83. The molecule has 0 heterocycles. The van der Waals surface area contributed by atoms with Crippen LogP contribution in [0.2, 0.25) is 0 Å². The van der Waals surface area contributed by atoms with Crippen LogP contribution in [0.3, 0.4) is 0 Å². The SMILES string of the molecule is CCC(CNC(=O)C(C)S(C)(=O)=O)(C(=O)O)c1ccccc1. The van der Waals surface area contributed by atoms with Gasteiger partial charge in [-0.15, -0.1) is 0 Å². The minimum atomic E-state index is -3.52. The molecule has 22 heavy (non-hydrogen) atoms. The number of carbonyl (C=O) groups excluding carboxylic acids is 1. The molecule has 2 N–H and O–H groups in total. The summed E-state index contributed by atoms with van der Waals surface area (Å²) in [6.07, 6.45) is 1.23. The summed E-state index contributed by atoms with van der Waals surface area (Å²) in [6, 6.07) is 8.59. The molecule has 2 atom stereocenters. The van der Waals surface area contributed by atoms with E-state index in [-0.39, 0.29) is 13.0 Å². The molecule has 0 aromatic heterocycles. The topological polar surface area (TPSA) is 101 Å². The van der Waals surface area contributed by atoms with Crippen LogP contribution < -0.4 is 5.32 Å². The highest BCUT2D eigenvalue weighted by molar-refractivity contribution is 7.92. The summed E-state index contributed by atoms with van der Waals surface area (Å²) in [5.74, 6) is -1.76. The summed E-state index contributed by atoms with van der Waals surface area (Å²) < 4.78 is 22.8. The minimum absolute atomic E-state index is 0.165. The number of aliphatic carboxylic acids is 1. The van der Waals surface area contributed by atoms with Gasteiger partial charge in [-0.1, -0.05) is 37.3 Å². The predicted octanol–water partition coefficient (Wildman–Crippen LogP) is 0.968. The van der Waals surface area contributed by atoms with Crippen molar-refractivity contribution in [3.8, 4) is 0 Å². The van der Waals surface area contributed by atoms with Crippen molar-refractivity contribution in [2.45, 2.75) is 30.9 Å². The Hall–Kier alpha value is -1.89. The van der Waals surface area contributed by atoms with Gasteiger partial charge in [-0.3, -0.25) is 9.59 Å². The van der Waals surface area contributed by atoms with Crippen LogP contribution in [-0.2, 0) is 24.8 Å². The Morgan fingerprint density at radius 3 is 2.23 bits per heavy atom. The Morgan fingerprint density at radius 1 is 1.27 bits per heavy atom. The zero-order valence-corrected chi connectivity index (χ0v) is 13.7. The molecular weight excluding hydrogens is 306 g/mol. The van der Waals surface area contributed by atoms with Crippen LogP contribution >= 0.6 is 0 Å². The Labute approximate surface area is 130 Å². The van der Waals surface area contributed by atoms with Gasteiger partial charge in [0.1, 0.15) is 10.7 Å². The zero-order valence-electron chi connectivity index (χ0n) is 12.9. The maximum Gasteiger partial charge on any atom is 0.315 e. The largest absolute Gasteiger partial charge is 0.481 e. The van der Waals surface area contributed by atoms with Crippen LogP contribution in [-0.4, -0.2) is 43.5 Å². The Balaban J connectivity index is 3.03. The van der Waals surface area contributed by atoms with Crippen LogP contribution in [0.4, 0.5) is 0 Å². The second-order valence-electron chi connectivity index (χ2n) is 5.30. The normalized spacial score (nSPS) is 15.6. The first-order valence-electron chi connectivity index (χ1n) is 6.90. The van der Waals surface area contributed by atoms with Gasteiger partial charge >= 0.3 is 5.97 Å². The van der Waals surface area contributed by atoms with Gasteiger partial charge in [0.15, 0.2) is 9.84 Å². The van der Waals surface area contributed by atoms with E-state index in [0.717, 1.165) is 6.26 Å². The molecule has 0 saturated carbocycles. The van der Waals surface area contributed by atoms with E-state index >= 15 is 0 Å². The van der Waals surface area contributed by atoms with E-state index in [1.165, 1.54) is 6.92 Å². The van der Waals surface area contributed by atoms with Gasteiger partial charge in [0.2, 0.25) is 5.91 Å². The van der Waals surface area contributed by atoms with Crippen molar-refractivity contribution in [1.82, 2.24) is 5.32 Å². The van der Waals surface area contributed by atoms with E-state index in [9.17, 15) is 23.1 Å². The highest BCUT2D eigenvalue weighted by Crippen LogP contribution is 2.27. The number of nitrogens with one attached hydrogen (secondary N) is 1. The summed E-state index contributed by atoms with van der Waals surface area (Å²) in [5, 5.41) is 10.9. The molecule has 0 aliphatic carbocycles. The third-order valence-electron chi connectivity index (χ3n) is 3.92. The quantitative estimate of drug-likeness (QED) is 0.777. The molecule has 0 saturated heterocycles. The van der Waals surface area contributed by atoms with Crippen LogP contribution in [0.5, 0.6) is 0 Å². The van der Waals surface area contributed by atoms with Gasteiger partial charge in [0.25, 0.3) is 0 Å². The number of hydrogen-bond acceptors (Lipinski definition) is 4. The fraction of sp³-hybridized carbons (Fsp3) is 0.467. The second-order valence-corrected chi connectivity index (χ2v) is 7.66. The number of carbonyl (C=O) groups is 2. The van der Waals surface area contributed by atoms with E-state index in [2.05, 4.69) is 5.32 Å². The van der Waals surface area contributed by atoms with Crippen molar-refractivity contribution in [3.05, 3.63) is 35.9 Å². The van der Waals surface area contributed by atoms with E-state index in [1.54, 1.807) is 37.3 Å². The first kappa shape index (κ1) is 18.2. The first-order valence-corrected chi connectivity index (χ1v) is 8.86. The van der Waals surface area contributed by atoms with Gasteiger partial charge in [-0.05, 0) is 18.9 Å². The van der Waals surface area contributed by atoms with E-state index in [4.69, 9.17) is 0 Å². The van der Waals surface area contributed by atoms with Gasteiger partial charge in [0.05, 0.1) is 0 Å². The molecule has 7 heteroatoms. The van der Waals surface area contributed by atoms with Gasteiger partial charge in [0, 0.05) is 12.8 Å². The first-order chi connectivity index (χ1) is 10.1. The molecule has 1 rings (SSSR count). The maximum absolute atomic E-state index is 11.9. The fourth-order valence-corrected chi connectivity index (χ4v) is 2.59. The van der Waals surface area contributed by atoms with Gasteiger partial charge in [-0.25, -0.2) is 8.42 Å². The summed E-state index contributed by atoms with van der Waals surface area (Å²) >= 11 is 0. The number of rotatable bonds is 7. The third-order valence-corrected chi connectivity index (χ3v) is 5.41. The van der Waals surface area contributed by atoms with Gasteiger partial charge < -0.3 is 10.4 Å². The van der Waals surface area contributed by atoms with Crippen molar-refractivity contribution in [2.24, 2.45) is 0 Å². The summed E-state index contributed by atoms with van der Waals surface area (Å²) in [5.41, 5.74) is -0.717. The lowest BCUT2D eigenvalue weighted by Crippen LogP contribution is -2.49. The molecule has 0 fully saturated rings. The average molecular weight is 327 g/mol. The van der Waals surface area contributed by atoms with Crippen molar-refractivity contribution in [2.75, 3.05) is 12.8 Å². The highest BCUT2D eigenvalue weighted by atomic mass is 32.2. The number of sulfone groups is 1. The lowest BCUT2D eigenvalue weighted by molar-refractivity contribution is -0.144. The van der Waals surface area contributed by atoms with Crippen molar-refractivity contribution < 1.29 is 23.1 Å². The molecule has 1 amide bonds. The molecule has 0 aliphatic rings. The third kappa shape index (κ3) is 3.85. The number of amides is 1. The molecule has 0 spiro atoms. The molecule has 0 aliphatic heterocycles. The summed E-state index contributed by atoms with van der Waals surface area (Å²) in [4.78, 5) is 23.7. The van der Waals surface area contributed by atoms with E-state index in [1.807, 2.05) is 0 Å². The van der Waals surface area contributed by atoms with Crippen LogP contribution in [0.25, 0.3) is 0 Å². The van der Waals surface area contributed by atoms with E-state index < -0.39 is 32.4 Å². The second kappa shape index (κ2) is 6.91. The minimum Gasteiger partial charge on any atom is -0.481 e. The number of carboxylic acid groups (broad SMARTS) is 1. The van der Waals surface area contributed by atoms with Crippen molar-refractivity contribution in [1.29, 1.82) is 0 Å². The smallest absolute Gasteiger partial charge is 0.315 e. The Morgan fingerprint density at radius 2 is 1.82 bits per heavy atom. The van der Waals surface area contributed by atoms with Crippen molar-refractivity contribution >= 4 is 21.7 Å². The summed E-state index contributed by atoms with van der Waals surface area (Å²) in [7, 11) is -3.52. The van der Waals surface area contributed by atoms with Crippen LogP contribution in [0, 0.1) is 0 Å². The standard InChI is InChI=1S/C15H21NO5S/c1-4-15(14(18)19,12-8-6-5-7-9-12)10-16-13(17)11(2)22(3,20)21/h5-9,11H,4,10H2,1-3H3,(H,16,17)(H,18,19). The van der Waals surface area contributed by atoms with Gasteiger partial charge in [-0.2, -0.15) is 0 Å². The maximum atomic E-state index is 11.9. The number of hydrogen-bond donors (Lipinski definition) is 2. The molecular formula is C15H21NO5S. The zero-order chi connectivity index (χ0) is 17.0. The molecule has 0 bridgehead atoms. The predicted molar refractivity (Wildman–Crippen MR) is 83.4 cm³/mol. The molecule has 6 nitrogen and oxygen atoms in total. The molecule has 1 aromatic rings. The Bertz CT molecular complexity index is 641. The van der Waals surface area contributed by atoms with Crippen LogP contribution in [0.1, 0.15) is 25.8 Å². The molecule has 122 valence electrons. The molecule has 1 aromatic carbocycles. The average Bonchev–Trinajstić information content (AvgIpc) is 2.47. The lowest BCUT2D eigenvalue weighted by atomic mass is 9.78. The van der Waals surface area contributed by atoms with Crippen molar-refractivity contribution in [3.63, 3.8) is 0 Å². The highest BCUT2D eigenvalue weighted by Gasteiger charge is 2.39. The monoisotopic (exact) mass is 327 g/mol. The molecule has 2 unspecified atom stereocenters. The molecule has 0 radical (unpaired) electrons. The lowest BCUT2D eigenvalue weighted by Gasteiger charge is -2.29. The van der Waals surface area contributed by atoms with Crippen LogP contribution in [0.15, 0.2) is 30.3 Å². The number of benzene rings is 1. The number of carboxylic acids is 1.